The smallest absolute Gasteiger partial charge is 0.239 e. The molecule has 0 saturated heterocycles. The average Bonchev–Trinajstić information content (AvgIpc) is 2.66. The van der Waals surface area contributed by atoms with Gasteiger partial charge in [0.1, 0.15) is 0 Å². The van der Waals surface area contributed by atoms with E-state index in [-0.39, 0.29) is 18.3 Å². The number of hydrogen-bond acceptors (Lipinski definition) is 2. The second kappa shape index (κ2) is 8.81. The Morgan fingerprint density at radius 3 is 2.32 bits per heavy atom. The Labute approximate surface area is 121 Å². The first-order chi connectivity index (χ1) is 8.84. The molecule has 2 rings (SSSR count). The van der Waals surface area contributed by atoms with Crippen molar-refractivity contribution >= 4 is 24.0 Å². The van der Waals surface area contributed by atoms with Crippen LogP contribution in [0.1, 0.15) is 38.5 Å². The van der Waals surface area contributed by atoms with E-state index >= 15 is 0 Å². The van der Waals surface area contributed by atoms with Crippen molar-refractivity contribution in [3.05, 3.63) is 30.3 Å². The normalized spacial score (nSPS) is 16.0. The number of carbonyl (C=O) groups is 1. The third-order valence-corrected chi connectivity index (χ3v) is 3.45. The van der Waals surface area contributed by atoms with E-state index in [9.17, 15) is 4.79 Å². The van der Waals surface area contributed by atoms with Gasteiger partial charge in [-0.25, -0.2) is 0 Å². The molecule has 106 valence electrons. The summed E-state index contributed by atoms with van der Waals surface area (Å²) < 4.78 is 0. The van der Waals surface area contributed by atoms with Gasteiger partial charge in [0.25, 0.3) is 0 Å². The van der Waals surface area contributed by atoms with Gasteiger partial charge < -0.3 is 10.6 Å². The van der Waals surface area contributed by atoms with Gasteiger partial charge in [-0.05, 0) is 25.0 Å². The number of benzene rings is 1. The molecule has 1 saturated carbocycles. The van der Waals surface area contributed by atoms with Gasteiger partial charge in [-0.15, -0.1) is 12.4 Å². The van der Waals surface area contributed by atoms with Crippen molar-refractivity contribution in [3.63, 3.8) is 0 Å². The van der Waals surface area contributed by atoms with Crippen LogP contribution in [0.5, 0.6) is 0 Å². The first kappa shape index (κ1) is 15.8. The van der Waals surface area contributed by atoms with Crippen LogP contribution in [0.4, 0.5) is 5.69 Å². The second-order valence-electron chi connectivity index (χ2n) is 4.98. The summed E-state index contributed by atoms with van der Waals surface area (Å²) in [6, 6.07) is 10.2. The predicted octanol–water partition coefficient (Wildman–Crippen LogP) is 3.36. The Morgan fingerprint density at radius 2 is 1.68 bits per heavy atom. The lowest BCUT2D eigenvalue weighted by Crippen LogP contribution is -2.38. The number of hydrogen-bond donors (Lipinski definition) is 2. The van der Waals surface area contributed by atoms with Crippen molar-refractivity contribution in [2.45, 2.75) is 44.6 Å². The first-order valence-corrected chi connectivity index (χ1v) is 6.93. The lowest BCUT2D eigenvalue weighted by atomic mass is 10.1. The summed E-state index contributed by atoms with van der Waals surface area (Å²) in [5.41, 5.74) is 0.994. The molecule has 0 heterocycles. The number of anilines is 1. The van der Waals surface area contributed by atoms with Crippen LogP contribution in [0.25, 0.3) is 0 Å². The Balaban J connectivity index is 0.00000180. The van der Waals surface area contributed by atoms with Crippen LogP contribution in [0.3, 0.4) is 0 Å². The van der Waals surface area contributed by atoms with Gasteiger partial charge in [-0.2, -0.15) is 0 Å². The van der Waals surface area contributed by atoms with Crippen molar-refractivity contribution in [2.75, 3.05) is 11.9 Å². The summed E-state index contributed by atoms with van der Waals surface area (Å²) in [4.78, 5) is 11.8. The van der Waals surface area contributed by atoms with Crippen molar-refractivity contribution < 1.29 is 4.79 Å². The number of carbonyl (C=O) groups excluding carboxylic acids is 1. The third kappa shape index (κ3) is 5.97. The lowest BCUT2D eigenvalue weighted by Gasteiger charge is -2.16. The highest BCUT2D eigenvalue weighted by atomic mass is 35.5. The van der Waals surface area contributed by atoms with E-state index in [1.165, 1.54) is 25.7 Å². The van der Waals surface area contributed by atoms with Crippen LogP contribution in [0.15, 0.2) is 30.3 Å². The van der Waals surface area contributed by atoms with Gasteiger partial charge in [0.15, 0.2) is 0 Å². The molecule has 4 heteroatoms. The molecule has 1 aromatic rings. The highest BCUT2D eigenvalue weighted by Gasteiger charge is 2.14. The zero-order valence-electron chi connectivity index (χ0n) is 11.2. The Kier molecular flexibility index (Phi) is 7.34. The van der Waals surface area contributed by atoms with Gasteiger partial charge >= 0.3 is 0 Å². The largest absolute Gasteiger partial charge is 0.376 e. The Morgan fingerprint density at radius 1 is 1.05 bits per heavy atom. The fraction of sp³-hybridized carbons (Fsp3) is 0.533. The number of amides is 1. The van der Waals surface area contributed by atoms with Gasteiger partial charge in [0, 0.05) is 11.7 Å². The van der Waals surface area contributed by atoms with E-state index < -0.39 is 0 Å². The van der Waals surface area contributed by atoms with Gasteiger partial charge in [-0.1, -0.05) is 43.9 Å². The molecule has 19 heavy (non-hydrogen) atoms. The van der Waals surface area contributed by atoms with E-state index in [1.807, 2.05) is 30.3 Å². The zero-order chi connectivity index (χ0) is 12.6. The van der Waals surface area contributed by atoms with E-state index in [0.717, 1.165) is 18.5 Å². The van der Waals surface area contributed by atoms with E-state index in [0.29, 0.717) is 12.6 Å². The van der Waals surface area contributed by atoms with Crippen molar-refractivity contribution in [1.29, 1.82) is 0 Å². The maximum Gasteiger partial charge on any atom is 0.239 e. The molecule has 1 amide bonds. The lowest BCUT2D eigenvalue weighted by molar-refractivity contribution is -0.120. The molecule has 0 aromatic heterocycles. The molecule has 0 spiro atoms. The fourth-order valence-corrected chi connectivity index (χ4v) is 2.44. The van der Waals surface area contributed by atoms with Crippen LogP contribution in [0, 0.1) is 0 Å². The molecule has 0 unspecified atom stereocenters. The SMILES string of the molecule is Cl.O=C(CNc1ccccc1)NC1CCCCCC1. The van der Waals surface area contributed by atoms with E-state index in [2.05, 4.69) is 10.6 Å². The van der Waals surface area contributed by atoms with Crippen molar-refractivity contribution in [3.8, 4) is 0 Å². The van der Waals surface area contributed by atoms with Gasteiger partial charge in [0.05, 0.1) is 6.54 Å². The summed E-state index contributed by atoms with van der Waals surface area (Å²) in [6.07, 6.45) is 7.39. The van der Waals surface area contributed by atoms with Crippen LogP contribution >= 0.6 is 12.4 Å². The predicted molar refractivity (Wildman–Crippen MR) is 81.8 cm³/mol. The number of halogens is 1. The minimum absolute atomic E-state index is 0. The number of nitrogens with one attached hydrogen (secondary N) is 2. The standard InChI is InChI=1S/C15H22N2O.ClH/c18-15(12-16-13-8-6-3-7-9-13)17-14-10-4-1-2-5-11-14;/h3,6-9,14,16H,1-2,4-5,10-12H2,(H,17,18);1H. The molecule has 2 N–H and O–H groups in total. The monoisotopic (exact) mass is 282 g/mol. The van der Waals surface area contributed by atoms with Crippen LogP contribution < -0.4 is 10.6 Å². The summed E-state index contributed by atoms with van der Waals surface area (Å²) >= 11 is 0. The van der Waals surface area contributed by atoms with Gasteiger partial charge in [0.2, 0.25) is 5.91 Å². The third-order valence-electron chi connectivity index (χ3n) is 3.45. The molecule has 1 fully saturated rings. The van der Waals surface area contributed by atoms with Crippen molar-refractivity contribution in [2.24, 2.45) is 0 Å². The minimum atomic E-state index is 0. The Bertz CT molecular complexity index is 362. The summed E-state index contributed by atoms with van der Waals surface area (Å²) in [5.74, 6) is 0.103. The molecular formula is C15H23ClN2O. The van der Waals surface area contributed by atoms with Crippen LogP contribution in [-0.4, -0.2) is 18.5 Å². The molecule has 1 aromatic carbocycles. The number of para-hydroxylation sites is 1. The second-order valence-corrected chi connectivity index (χ2v) is 4.98. The summed E-state index contributed by atoms with van der Waals surface area (Å²) in [7, 11) is 0. The minimum Gasteiger partial charge on any atom is -0.376 e. The van der Waals surface area contributed by atoms with E-state index in [4.69, 9.17) is 0 Å². The maximum absolute atomic E-state index is 11.8. The first-order valence-electron chi connectivity index (χ1n) is 6.93. The molecule has 1 aliphatic carbocycles. The van der Waals surface area contributed by atoms with Gasteiger partial charge in [-0.3, -0.25) is 4.79 Å². The molecule has 1 aliphatic rings. The molecule has 0 bridgehead atoms. The molecule has 3 nitrogen and oxygen atoms in total. The summed E-state index contributed by atoms with van der Waals surface area (Å²) in [6.45, 7) is 0.362. The average molecular weight is 283 g/mol. The Hall–Kier alpha value is -1.22. The topological polar surface area (TPSA) is 41.1 Å². The summed E-state index contributed by atoms with van der Waals surface area (Å²) in [5, 5.41) is 6.27. The van der Waals surface area contributed by atoms with Crippen molar-refractivity contribution in [1.82, 2.24) is 5.32 Å². The molecule has 0 radical (unpaired) electrons. The van der Waals surface area contributed by atoms with Crippen LogP contribution in [0.2, 0.25) is 0 Å². The van der Waals surface area contributed by atoms with Crippen LogP contribution in [-0.2, 0) is 4.79 Å². The zero-order valence-corrected chi connectivity index (χ0v) is 12.0. The molecule has 0 atom stereocenters. The number of rotatable bonds is 4. The molecular weight excluding hydrogens is 260 g/mol. The molecule has 0 aliphatic heterocycles. The highest BCUT2D eigenvalue weighted by molar-refractivity contribution is 5.85. The maximum atomic E-state index is 11.8. The van der Waals surface area contributed by atoms with E-state index in [1.54, 1.807) is 0 Å². The highest BCUT2D eigenvalue weighted by Crippen LogP contribution is 2.17. The fourth-order valence-electron chi connectivity index (χ4n) is 2.44. The quantitative estimate of drug-likeness (QED) is 0.832.